The highest BCUT2D eigenvalue weighted by Gasteiger charge is 2.34. The molecular weight excluding hydrogens is 348 g/mol. The maximum absolute atomic E-state index is 12.4. The minimum Gasteiger partial charge on any atom is -0.352 e. The van der Waals surface area contributed by atoms with Gasteiger partial charge in [-0.05, 0) is 49.3 Å². The third-order valence-corrected chi connectivity index (χ3v) is 6.15. The highest BCUT2D eigenvalue weighted by Crippen LogP contribution is 2.32. The Kier molecular flexibility index (Phi) is 4.61. The van der Waals surface area contributed by atoms with Crippen molar-refractivity contribution < 1.29 is 4.79 Å². The van der Waals surface area contributed by atoms with Crippen molar-refractivity contribution in [3.8, 4) is 11.4 Å². The maximum Gasteiger partial charge on any atom is 0.220 e. The lowest BCUT2D eigenvalue weighted by atomic mass is 9.89. The molecule has 0 aliphatic carbocycles. The number of fused-ring (bicyclic) bond motifs is 3. The molecule has 3 heterocycles. The molecule has 5 heteroatoms. The van der Waals surface area contributed by atoms with Crippen molar-refractivity contribution in [1.29, 1.82) is 0 Å². The molecule has 2 bridgehead atoms. The van der Waals surface area contributed by atoms with Crippen molar-refractivity contribution in [1.82, 2.24) is 20.6 Å². The molecule has 28 heavy (non-hydrogen) atoms. The standard InChI is InChI=1S/C23H26N4O/c28-22(13-16-11-18-9-10-19(12-16)25-18)24-14-15-5-7-17(8-6-15)23-26-20-3-1-2-4-21(20)27-23/h1-8,16,18-19,25H,9-14H2,(H,24,28)(H,26,27). The number of aromatic amines is 1. The highest BCUT2D eigenvalue weighted by molar-refractivity contribution is 5.79. The van der Waals surface area contributed by atoms with E-state index in [2.05, 4.69) is 44.9 Å². The van der Waals surface area contributed by atoms with Crippen LogP contribution < -0.4 is 10.6 Å². The number of aromatic nitrogens is 2. The van der Waals surface area contributed by atoms with Gasteiger partial charge in [-0.1, -0.05) is 36.4 Å². The molecule has 5 nitrogen and oxygen atoms in total. The number of hydrogen-bond acceptors (Lipinski definition) is 3. The first-order chi connectivity index (χ1) is 13.7. The Morgan fingerprint density at radius 3 is 2.54 bits per heavy atom. The number of nitrogens with zero attached hydrogens (tertiary/aromatic N) is 1. The summed E-state index contributed by atoms with van der Waals surface area (Å²) >= 11 is 0. The normalized spacial score (nSPS) is 23.8. The average Bonchev–Trinajstić information content (AvgIpc) is 3.29. The Balaban J connectivity index is 1.16. The van der Waals surface area contributed by atoms with Gasteiger partial charge in [0.2, 0.25) is 5.91 Å². The quantitative estimate of drug-likeness (QED) is 0.637. The molecule has 2 unspecified atom stereocenters. The van der Waals surface area contributed by atoms with E-state index in [0.29, 0.717) is 31.0 Å². The van der Waals surface area contributed by atoms with Crippen LogP contribution in [-0.2, 0) is 11.3 Å². The number of imidazole rings is 1. The molecule has 2 fully saturated rings. The molecule has 2 aliphatic rings. The Hall–Kier alpha value is -2.66. The largest absolute Gasteiger partial charge is 0.352 e. The summed E-state index contributed by atoms with van der Waals surface area (Å²) in [5, 5.41) is 6.73. The molecule has 5 rings (SSSR count). The second-order valence-electron chi connectivity index (χ2n) is 8.26. The number of piperidine rings is 1. The number of H-pyrrole nitrogens is 1. The van der Waals surface area contributed by atoms with Crippen molar-refractivity contribution in [2.45, 2.75) is 50.7 Å². The van der Waals surface area contributed by atoms with Gasteiger partial charge in [0.15, 0.2) is 0 Å². The fourth-order valence-electron chi connectivity index (χ4n) is 4.75. The van der Waals surface area contributed by atoms with Gasteiger partial charge in [0.1, 0.15) is 5.82 Å². The Morgan fingerprint density at radius 1 is 1.04 bits per heavy atom. The first-order valence-electron chi connectivity index (χ1n) is 10.3. The summed E-state index contributed by atoms with van der Waals surface area (Å²) in [6.45, 7) is 0.580. The van der Waals surface area contributed by atoms with Crippen LogP contribution in [0.4, 0.5) is 0 Å². The monoisotopic (exact) mass is 374 g/mol. The molecule has 1 amide bonds. The topological polar surface area (TPSA) is 69.8 Å². The van der Waals surface area contributed by atoms with Gasteiger partial charge in [0.25, 0.3) is 0 Å². The van der Waals surface area contributed by atoms with Crippen LogP contribution in [0, 0.1) is 5.92 Å². The van der Waals surface area contributed by atoms with Gasteiger partial charge >= 0.3 is 0 Å². The Bertz CT molecular complexity index is 933. The predicted octanol–water partition coefficient (Wildman–Crippen LogP) is 3.77. The number of carbonyl (C=O) groups excluding carboxylic acids is 1. The zero-order chi connectivity index (χ0) is 18.9. The molecule has 3 aromatic rings. The van der Waals surface area contributed by atoms with Crippen LogP contribution in [0.1, 0.15) is 37.7 Å². The van der Waals surface area contributed by atoms with E-state index >= 15 is 0 Å². The molecule has 2 aromatic carbocycles. The fraction of sp³-hybridized carbons (Fsp3) is 0.391. The second kappa shape index (κ2) is 7.40. The van der Waals surface area contributed by atoms with E-state index < -0.39 is 0 Å². The molecule has 0 saturated carbocycles. The number of benzene rings is 2. The van der Waals surface area contributed by atoms with Gasteiger partial charge in [-0.2, -0.15) is 0 Å². The summed E-state index contributed by atoms with van der Waals surface area (Å²) < 4.78 is 0. The van der Waals surface area contributed by atoms with Gasteiger partial charge in [0.05, 0.1) is 11.0 Å². The van der Waals surface area contributed by atoms with Crippen LogP contribution in [0.5, 0.6) is 0 Å². The molecule has 2 aliphatic heterocycles. The molecule has 144 valence electrons. The van der Waals surface area contributed by atoms with Crippen LogP contribution in [0.3, 0.4) is 0 Å². The fourth-order valence-corrected chi connectivity index (χ4v) is 4.75. The summed E-state index contributed by atoms with van der Waals surface area (Å²) in [5.74, 6) is 1.58. The molecule has 2 saturated heterocycles. The maximum atomic E-state index is 12.4. The van der Waals surface area contributed by atoms with Crippen molar-refractivity contribution in [3.05, 3.63) is 54.1 Å². The summed E-state index contributed by atoms with van der Waals surface area (Å²) in [6.07, 6.45) is 5.51. The van der Waals surface area contributed by atoms with Crippen LogP contribution in [0.2, 0.25) is 0 Å². The number of carbonyl (C=O) groups is 1. The highest BCUT2D eigenvalue weighted by atomic mass is 16.1. The van der Waals surface area contributed by atoms with Crippen LogP contribution in [-0.4, -0.2) is 28.0 Å². The van der Waals surface area contributed by atoms with E-state index in [-0.39, 0.29) is 5.91 Å². The summed E-state index contributed by atoms with van der Waals surface area (Å²) in [7, 11) is 0. The van der Waals surface area contributed by atoms with Crippen molar-refractivity contribution in [3.63, 3.8) is 0 Å². The van der Waals surface area contributed by atoms with E-state index in [9.17, 15) is 4.79 Å². The molecule has 0 spiro atoms. The lowest BCUT2D eigenvalue weighted by Crippen LogP contribution is -2.39. The third kappa shape index (κ3) is 3.67. The van der Waals surface area contributed by atoms with Crippen molar-refractivity contribution in [2.75, 3.05) is 0 Å². The molecular formula is C23H26N4O. The van der Waals surface area contributed by atoms with E-state index in [0.717, 1.165) is 40.8 Å². The number of hydrogen-bond donors (Lipinski definition) is 3. The van der Waals surface area contributed by atoms with Crippen molar-refractivity contribution >= 4 is 16.9 Å². The number of nitrogens with one attached hydrogen (secondary N) is 3. The zero-order valence-corrected chi connectivity index (χ0v) is 15.9. The Labute approximate surface area is 164 Å². The lowest BCUT2D eigenvalue weighted by Gasteiger charge is -2.28. The zero-order valence-electron chi connectivity index (χ0n) is 15.9. The van der Waals surface area contributed by atoms with Gasteiger partial charge < -0.3 is 15.6 Å². The summed E-state index contributed by atoms with van der Waals surface area (Å²) in [6, 6.07) is 17.6. The smallest absolute Gasteiger partial charge is 0.220 e. The van der Waals surface area contributed by atoms with Gasteiger partial charge in [-0.3, -0.25) is 4.79 Å². The third-order valence-electron chi connectivity index (χ3n) is 6.15. The van der Waals surface area contributed by atoms with Crippen LogP contribution in [0.25, 0.3) is 22.4 Å². The number of para-hydroxylation sites is 2. The average molecular weight is 374 g/mol. The predicted molar refractivity (Wildman–Crippen MR) is 111 cm³/mol. The van der Waals surface area contributed by atoms with Gasteiger partial charge in [-0.25, -0.2) is 4.98 Å². The van der Waals surface area contributed by atoms with Gasteiger partial charge in [0, 0.05) is 30.6 Å². The first kappa shape index (κ1) is 17.4. The SMILES string of the molecule is O=C(CC1CC2CCC(C1)N2)NCc1ccc(-c2nc3ccccc3[nH]2)cc1. The summed E-state index contributed by atoms with van der Waals surface area (Å²) in [5.41, 5.74) is 4.18. The molecule has 2 atom stereocenters. The van der Waals surface area contributed by atoms with E-state index in [1.54, 1.807) is 0 Å². The second-order valence-corrected chi connectivity index (χ2v) is 8.26. The number of rotatable bonds is 5. The minimum atomic E-state index is 0.174. The van der Waals surface area contributed by atoms with E-state index in [1.165, 1.54) is 12.8 Å². The van der Waals surface area contributed by atoms with Crippen molar-refractivity contribution in [2.24, 2.45) is 5.92 Å². The number of amides is 1. The minimum absolute atomic E-state index is 0.174. The lowest BCUT2D eigenvalue weighted by molar-refractivity contribution is -0.122. The Morgan fingerprint density at radius 2 is 1.79 bits per heavy atom. The van der Waals surface area contributed by atoms with Crippen LogP contribution in [0.15, 0.2) is 48.5 Å². The van der Waals surface area contributed by atoms with Crippen LogP contribution >= 0.6 is 0 Å². The first-order valence-corrected chi connectivity index (χ1v) is 10.3. The van der Waals surface area contributed by atoms with Gasteiger partial charge in [-0.15, -0.1) is 0 Å². The van der Waals surface area contributed by atoms with E-state index in [4.69, 9.17) is 0 Å². The molecule has 1 aromatic heterocycles. The molecule has 3 N–H and O–H groups in total. The summed E-state index contributed by atoms with van der Waals surface area (Å²) in [4.78, 5) is 20.4. The van der Waals surface area contributed by atoms with E-state index in [1.807, 2.05) is 24.3 Å². The molecule has 0 radical (unpaired) electrons.